The van der Waals surface area contributed by atoms with Crippen LogP contribution in [0.3, 0.4) is 0 Å². The van der Waals surface area contributed by atoms with Crippen LogP contribution < -0.4 is 16.4 Å². The van der Waals surface area contributed by atoms with Crippen molar-refractivity contribution in [1.29, 1.82) is 0 Å². The Kier molecular flexibility index (Phi) is 9.32. The molecule has 5 nitrogen and oxygen atoms in total. The molecule has 0 bridgehead atoms. The van der Waals surface area contributed by atoms with Gasteiger partial charge in [0.15, 0.2) is 0 Å². The topological polar surface area (TPSA) is 84.2 Å². The number of halogens is 1. The first-order valence-electron chi connectivity index (χ1n) is 8.87. The molecule has 1 aromatic rings. The molecule has 0 saturated carbocycles. The summed E-state index contributed by atoms with van der Waals surface area (Å²) in [7, 11) is 0. The largest absolute Gasteiger partial charge is 0.352 e. The normalized spacial score (nSPS) is 13.5. The van der Waals surface area contributed by atoms with Gasteiger partial charge in [0.05, 0.1) is 0 Å². The van der Waals surface area contributed by atoms with Crippen LogP contribution in [0.25, 0.3) is 0 Å². The number of hydrogen-bond donors (Lipinski definition) is 3. The van der Waals surface area contributed by atoms with Crippen molar-refractivity contribution < 1.29 is 9.59 Å². The van der Waals surface area contributed by atoms with Gasteiger partial charge in [-0.2, -0.15) is 0 Å². The van der Waals surface area contributed by atoms with Crippen molar-refractivity contribution in [2.75, 3.05) is 6.54 Å². The number of amides is 2. The highest BCUT2D eigenvalue weighted by Gasteiger charge is 2.26. The van der Waals surface area contributed by atoms with Crippen LogP contribution in [0.4, 0.5) is 0 Å². The molecular weight excluding hydrogens is 350 g/mol. The van der Waals surface area contributed by atoms with Crippen molar-refractivity contribution in [3.05, 3.63) is 35.4 Å². The van der Waals surface area contributed by atoms with Crippen LogP contribution in [-0.4, -0.2) is 23.9 Å². The van der Waals surface area contributed by atoms with Gasteiger partial charge in [-0.3, -0.25) is 9.59 Å². The highest BCUT2D eigenvalue weighted by atomic mass is 35.5. The van der Waals surface area contributed by atoms with Crippen molar-refractivity contribution >= 4 is 24.2 Å². The van der Waals surface area contributed by atoms with E-state index in [1.54, 1.807) is 12.1 Å². The minimum Gasteiger partial charge on any atom is -0.352 e. The van der Waals surface area contributed by atoms with Gasteiger partial charge in [0.2, 0.25) is 5.91 Å². The molecule has 0 heterocycles. The van der Waals surface area contributed by atoms with E-state index < -0.39 is 11.0 Å². The molecule has 2 amide bonds. The highest BCUT2D eigenvalue weighted by Crippen LogP contribution is 2.17. The third-order valence-electron chi connectivity index (χ3n) is 4.07. The summed E-state index contributed by atoms with van der Waals surface area (Å²) in [5.41, 5.74) is 6.58. The smallest absolute Gasteiger partial charge is 0.251 e. The Morgan fingerprint density at radius 1 is 1.08 bits per heavy atom. The number of benzene rings is 1. The SMILES string of the molecule is CC(C)CC(C)(CN)NC(=O)c1ccc(CNC(=O)C(C)(C)C)cc1.Cl. The van der Waals surface area contributed by atoms with Gasteiger partial charge in [-0.1, -0.05) is 46.8 Å². The molecule has 0 aliphatic rings. The van der Waals surface area contributed by atoms with Crippen LogP contribution in [-0.2, 0) is 11.3 Å². The van der Waals surface area contributed by atoms with E-state index in [9.17, 15) is 9.59 Å². The fraction of sp³-hybridized carbons (Fsp3) is 0.600. The molecule has 0 aliphatic carbocycles. The first-order chi connectivity index (χ1) is 11.5. The molecule has 1 unspecified atom stereocenters. The standard InChI is InChI=1S/C20H33N3O2.ClH/c1-14(2)11-20(6,13-21)23-17(24)16-9-7-15(8-10-16)12-22-18(25)19(3,4)5;/h7-10,14H,11-13,21H2,1-6H3,(H,22,25)(H,23,24);1H. The van der Waals surface area contributed by atoms with Crippen LogP contribution >= 0.6 is 12.4 Å². The zero-order valence-electron chi connectivity index (χ0n) is 16.8. The molecule has 0 aliphatic heterocycles. The Morgan fingerprint density at radius 2 is 1.62 bits per heavy atom. The maximum atomic E-state index is 12.5. The number of rotatable bonds is 7. The lowest BCUT2D eigenvalue weighted by molar-refractivity contribution is -0.128. The molecule has 4 N–H and O–H groups in total. The minimum atomic E-state index is -0.414. The van der Waals surface area contributed by atoms with E-state index >= 15 is 0 Å². The average molecular weight is 384 g/mol. The summed E-state index contributed by atoms with van der Waals surface area (Å²) in [6, 6.07) is 7.28. The van der Waals surface area contributed by atoms with Gasteiger partial charge in [0.1, 0.15) is 0 Å². The Hall–Kier alpha value is -1.59. The number of carbonyl (C=O) groups is 2. The van der Waals surface area contributed by atoms with Crippen LogP contribution in [0.2, 0.25) is 0 Å². The van der Waals surface area contributed by atoms with Gasteiger partial charge in [0, 0.05) is 29.6 Å². The Balaban J connectivity index is 0.00000625. The number of hydrogen-bond acceptors (Lipinski definition) is 3. The lowest BCUT2D eigenvalue weighted by Gasteiger charge is -2.31. The first kappa shape index (κ1) is 24.4. The van der Waals surface area contributed by atoms with E-state index in [1.165, 1.54) is 0 Å². The molecule has 6 heteroatoms. The third-order valence-corrected chi connectivity index (χ3v) is 4.07. The number of nitrogens with two attached hydrogens (primary N) is 1. The van der Waals surface area contributed by atoms with Crippen molar-refractivity contribution in [2.45, 2.75) is 60.0 Å². The molecule has 0 radical (unpaired) electrons. The minimum absolute atomic E-state index is 0. The summed E-state index contributed by atoms with van der Waals surface area (Å²) in [6.07, 6.45) is 0.826. The van der Waals surface area contributed by atoms with Crippen molar-refractivity contribution in [1.82, 2.24) is 10.6 Å². The van der Waals surface area contributed by atoms with E-state index in [2.05, 4.69) is 24.5 Å². The molecule has 1 aromatic carbocycles. The zero-order chi connectivity index (χ0) is 19.3. The summed E-state index contributed by atoms with van der Waals surface area (Å²) in [5, 5.41) is 5.95. The van der Waals surface area contributed by atoms with Crippen LogP contribution in [0.1, 0.15) is 63.9 Å². The summed E-state index contributed by atoms with van der Waals surface area (Å²) in [4.78, 5) is 24.4. The second-order valence-corrected chi connectivity index (χ2v) is 8.45. The second-order valence-electron chi connectivity index (χ2n) is 8.45. The summed E-state index contributed by atoms with van der Waals surface area (Å²) < 4.78 is 0. The van der Waals surface area contributed by atoms with Gasteiger partial charge in [-0.15, -0.1) is 12.4 Å². The van der Waals surface area contributed by atoms with E-state index in [4.69, 9.17) is 5.73 Å². The Bertz CT molecular complexity index is 594. The zero-order valence-corrected chi connectivity index (χ0v) is 17.6. The van der Waals surface area contributed by atoms with E-state index in [1.807, 2.05) is 39.8 Å². The van der Waals surface area contributed by atoms with Crippen molar-refractivity contribution in [2.24, 2.45) is 17.1 Å². The maximum absolute atomic E-state index is 12.5. The van der Waals surface area contributed by atoms with Crippen molar-refractivity contribution in [3.8, 4) is 0 Å². The predicted octanol–water partition coefficient (Wildman–Crippen LogP) is 3.26. The fourth-order valence-corrected chi connectivity index (χ4v) is 2.65. The molecule has 0 saturated heterocycles. The molecule has 0 fully saturated rings. The lowest BCUT2D eigenvalue weighted by atomic mass is 9.90. The van der Waals surface area contributed by atoms with E-state index in [-0.39, 0.29) is 24.2 Å². The van der Waals surface area contributed by atoms with Gasteiger partial charge in [-0.25, -0.2) is 0 Å². The van der Waals surface area contributed by atoms with Gasteiger partial charge in [-0.05, 0) is 37.0 Å². The highest BCUT2D eigenvalue weighted by molar-refractivity contribution is 5.94. The fourth-order valence-electron chi connectivity index (χ4n) is 2.65. The number of nitrogens with one attached hydrogen (secondary N) is 2. The summed E-state index contributed by atoms with van der Waals surface area (Å²) >= 11 is 0. The summed E-state index contributed by atoms with van der Waals surface area (Å²) in [6.45, 7) is 12.7. The molecule has 1 rings (SSSR count). The first-order valence-corrected chi connectivity index (χ1v) is 8.87. The van der Waals surface area contributed by atoms with Crippen LogP contribution in [0.15, 0.2) is 24.3 Å². The predicted molar refractivity (Wildman–Crippen MR) is 109 cm³/mol. The van der Waals surface area contributed by atoms with Crippen LogP contribution in [0, 0.1) is 11.3 Å². The lowest BCUT2D eigenvalue weighted by Crippen LogP contribution is -2.52. The Labute approximate surface area is 163 Å². The van der Waals surface area contributed by atoms with E-state index in [0.29, 0.717) is 24.6 Å². The summed E-state index contributed by atoms with van der Waals surface area (Å²) in [5.74, 6) is 0.322. The molecule has 0 aromatic heterocycles. The molecular formula is C20H34ClN3O2. The maximum Gasteiger partial charge on any atom is 0.251 e. The second kappa shape index (κ2) is 9.93. The quantitative estimate of drug-likeness (QED) is 0.675. The molecule has 0 spiro atoms. The average Bonchev–Trinajstić information content (AvgIpc) is 2.51. The van der Waals surface area contributed by atoms with E-state index in [0.717, 1.165) is 12.0 Å². The van der Waals surface area contributed by atoms with Crippen LogP contribution in [0.5, 0.6) is 0 Å². The molecule has 148 valence electrons. The third kappa shape index (κ3) is 7.75. The number of carbonyl (C=O) groups excluding carboxylic acids is 2. The van der Waals surface area contributed by atoms with Gasteiger partial charge in [0.25, 0.3) is 5.91 Å². The van der Waals surface area contributed by atoms with Gasteiger partial charge >= 0.3 is 0 Å². The Morgan fingerprint density at radius 3 is 2.04 bits per heavy atom. The molecule has 26 heavy (non-hydrogen) atoms. The van der Waals surface area contributed by atoms with Gasteiger partial charge < -0.3 is 16.4 Å². The monoisotopic (exact) mass is 383 g/mol. The van der Waals surface area contributed by atoms with Crippen molar-refractivity contribution in [3.63, 3.8) is 0 Å². The molecule has 1 atom stereocenters.